The second-order valence-electron chi connectivity index (χ2n) is 7.92. The predicted octanol–water partition coefficient (Wildman–Crippen LogP) is 2.73. The van der Waals surface area contributed by atoms with Crippen molar-refractivity contribution >= 4 is 45.1 Å². The molecular formula is C24H26FN5O5S. The van der Waals surface area contributed by atoms with Gasteiger partial charge in [0.05, 0.1) is 16.8 Å². The van der Waals surface area contributed by atoms with Gasteiger partial charge in [0, 0.05) is 33.4 Å². The summed E-state index contributed by atoms with van der Waals surface area (Å²) in [7, 11) is 4.58. The third-order valence-corrected chi connectivity index (χ3v) is 6.04. The number of pyridine rings is 1. The number of nitrogens with one attached hydrogen (secondary N) is 2. The lowest BCUT2D eigenvalue weighted by Gasteiger charge is -2.17. The first-order valence-electron chi connectivity index (χ1n) is 11.0. The van der Waals surface area contributed by atoms with Crippen LogP contribution < -0.4 is 16.2 Å². The van der Waals surface area contributed by atoms with Crippen LogP contribution in [0, 0.1) is 5.82 Å². The van der Waals surface area contributed by atoms with Crippen LogP contribution in [0.3, 0.4) is 0 Å². The first-order valence-corrected chi connectivity index (χ1v) is 11.8. The number of carbonyl (C=O) groups excluding carboxylic acids is 3. The maximum Gasteiger partial charge on any atom is 0.407 e. The zero-order chi connectivity index (χ0) is 26.2. The molecule has 0 saturated heterocycles. The molecule has 2 heterocycles. The molecule has 10 nitrogen and oxygen atoms in total. The molecule has 0 fully saturated rings. The number of carbonyl (C=O) groups is 3. The van der Waals surface area contributed by atoms with E-state index in [-0.39, 0.29) is 31.0 Å². The van der Waals surface area contributed by atoms with E-state index in [2.05, 4.69) is 15.6 Å². The van der Waals surface area contributed by atoms with E-state index >= 15 is 0 Å². The molecule has 0 bridgehead atoms. The molecule has 0 saturated carbocycles. The summed E-state index contributed by atoms with van der Waals surface area (Å²) in [5, 5.41) is 5.41. The lowest BCUT2D eigenvalue weighted by molar-refractivity contribution is -0.124. The largest absolute Gasteiger partial charge is 0.436 e. The summed E-state index contributed by atoms with van der Waals surface area (Å²) in [6.07, 6.45) is 2.87. The van der Waals surface area contributed by atoms with Gasteiger partial charge in [-0.05, 0) is 43.2 Å². The minimum atomic E-state index is -1.20. The van der Waals surface area contributed by atoms with Gasteiger partial charge in [0.25, 0.3) is 11.5 Å². The number of nitrogens with zero attached hydrogens (tertiary/aromatic N) is 3. The van der Waals surface area contributed by atoms with Gasteiger partial charge in [-0.3, -0.25) is 14.4 Å². The molecule has 2 N–H and O–H groups in total. The molecule has 190 valence electrons. The highest BCUT2D eigenvalue weighted by molar-refractivity contribution is 7.18. The molecule has 0 radical (unpaired) electrons. The number of thiazole rings is 1. The van der Waals surface area contributed by atoms with E-state index in [1.165, 1.54) is 52.1 Å². The van der Waals surface area contributed by atoms with Crippen LogP contribution in [0.25, 0.3) is 10.2 Å². The lowest BCUT2D eigenvalue weighted by atomic mass is 10.1. The van der Waals surface area contributed by atoms with Crippen LogP contribution >= 0.6 is 11.3 Å². The van der Waals surface area contributed by atoms with Crippen LogP contribution in [0.4, 0.5) is 14.9 Å². The molecule has 12 heteroatoms. The van der Waals surface area contributed by atoms with Gasteiger partial charge in [-0.1, -0.05) is 6.08 Å². The van der Waals surface area contributed by atoms with Gasteiger partial charge in [-0.2, -0.15) is 0 Å². The summed E-state index contributed by atoms with van der Waals surface area (Å²) in [6, 6.07) is 7.33. The second-order valence-corrected chi connectivity index (χ2v) is 9.04. The minimum Gasteiger partial charge on any atom is -0.436 e. The number of hydrogen-bond donors (Lipinski definition) is 2. The monoisotopic (exact) mass is 515 g/mol. The number of anilines is 1. The standard InChI is InChI=1S/C24H26FN5O5S/c1-26-24(34)35-18(8-4-5-9-21(31)29(2)3)22(32)28-16-7-6-12-30(23(16)33)14-20-27-17-13-15(25)10-11-19(17)36-20/h5-7,9-13,18H,4,8,14H2,1-3H3,(H,26,34)(H,28,32)/b9-5+. The van der Waals surface area contributed by atoms with Crippen LogP contribution in [-0.2, 0) is 20.9 Å². The Morgan fingerprint density at radius 3 is 2.78 bits per heavy atom. The number of amides is 3. The Morgan fingerprint density at radius 2 is 2.06 bits per heavy atom. The average Bonchev–Trinajstić information content (AvgIpc) is 3.24. The Balaban J connectivity index is 1.73. The van der Waals surface area contributed by atoms with Crippen molar-refractivity contribution in [3.63, 3.8) is 0 Å². The van der Waals surface area contributed by atoms with E-state index in [0.717, 1.165) is 4.70 Å². The zero-order valence-corrected chi connectivity index (χ0v) is 20.8. The van der Waals surface area contributed by atoms with Gasteiger partial charge in [0.2, 0.25) is 5.91 Å². The number of hydrogen-bond acceptors (Lipinski definition) is 7. The van der Waals surface area contributed by atoms with E-state index in [9.17, 15) is 23.6 Å². The molecule has 1 atom stereocenters. The molecule has 1 unspecified atom stereocenters. The van der Waals surface area contributed by atoms with Gasteiger partial charge in [0.1, 0.15) is 16.5 Å². The minimum absolute atomic E-state index is 0.00140. The molecule has 0 aliphatic rings. The third-order valence-electron chi connectivity index (χ3n) is 5.02. The molecule has 3 aromatic rings. The highest BCUT2D eigenvalue weighted by atomic mass is 32.1. The molecule has 3 rings (SSSR count). The number of ether oxygens (including phenoxy) is 1. The first-order chi connectivity index (χ1) is 17.2. The van der Waals surface area contributed by atoms with E-state index in [1.54, 1.807) is 38.5 Å². The number of aromatic nitrogens is 2. The maximum atomic E-state index is 13.5. The van der Waals surface area contributed by atoms with E-state index < -0.39 is 29.5 Å². The maximum absolute atomic E-state index is 13.5. The lowest BCUT2D eigenvalue weighted by Crippen LogP contribution is -2.37. The fraction of sp³-hybridized carbons (Fsp3) is 0.292. The molecule has 0 aliphatic heterocycles. The summed E-state index contributed by atoms with van der Waals surface area (Å²) in [5.74, 6) is -1.29. The molecule has 1 aromatic carbocycles. The number of benzene rings is 1. The van der Waals surface area contributed by atoms with Crippen molar-refractivity contribution in [1.82, 2.24) is 19.8 Å². The van der Waals surface area contributed by atoms with Gasteiger partial charge < -0.3 is 24.8 Å². The van der Waals surface area contributed by atoms with Crippen molar-refractivity contribution in [3.05, 3.63) is 69.9 Å². The van der Waals surface area contributed by atoms with E-state index in [4.69, 9.17) is 4.74 Å². The average molecular weight is 516 g/mol. The second kappa shape index (κ2) is 12.1. The molecular weight excluding hydrogens is 489 g/mol. The summed E-state index contributed by atoms with van der Waals surface area (Å²) in [5.41, 5.74) is 0.0213. The SMILES string of the molecule is CNC(=O)OC(CC/C=C/C(=O)N(C)C)C(=O)Nc1cccn(Cc2nc3cc(F)ccc3s2)c1=O. The normalized spacial score (nSPS) is 11.9. The van der Waals surface area contributed by atoms with Crippen molar-refractivity contribution in [2.75, 3.05) is 26.5 Å². The number of fused-ring (bicyclic) bond motifs is 1. The smallest absolute Gasteiger partial charge is 0.407 e. The Hall–Kier alpha value is -4.06. The van der Waals surface area contributed by atoms with Gasteiger partial charge in [0.15, 0.2) is 6.10 Å². The summed E-state index contributed by atoms with van der Waals surface area (Å²) >= 11 is 1.34. The van der Waals surface area contributed by atoms with Crippen molar-refractivity contribution < 1.29 is 23.5 Å². The van der Waals surface area contributed by atoms with Gasteiger partial charge in [-0.15, -0.1) is 11.3 Å². The highest BCUT2D eigenvalue weighted by Gasteiger charge is 2.23. The Kier molecular flexibility index (Phi) is 8.90. The fourth-order valence-electron chi connectivity index (χ4n) is 3.14. The summed E-state index contributed by atoms with van der Waals surface area (Å²) in [4.78, 5) is 55.0. The predicted molar refractivity (Wildman–Crippen MR) is 134 cm³/mol. The quantitative estimate of drug-likeness (QED) is 0.423. The fourth-order valence-corrected chi connectivity index (χ4v) is 4.09. The number of likely N-dealkylation sites (N-methyl/N-ethyl adjacent to an activating group) is 1. The highest BCUT2D eigenvalue weighted by Crippen LogP contribution is 2.23. The Bertz CT molecular complexity index is 1350. The number of allylic oxidation sites excluding steroid dienone is 1. The van der Waals surface area contributed by atoms with Crippen LogP contribution in [-0.4, -0.2) is 59.6 Å². The van der Waals surface area contributed by atoms with E-state index in [0.29, 0.717) is 10.5 Å². The topological polar surface area (TPSA) is 123 Å². The zero-order valence-electron chi connectivity index (χ0n) is 20.0. The first kappa shape index (κ1) is 26.5. The summed E-state index contributed by atoms with van der Waals surface area (Å²) < 4.78 is 20.8. The van der Waals surface area contributed by atoms with Crippen molar-refractivity contribution in [2.24, 2.45) is 0 Å². The molecule has 36 heavy (non-hydrogen) atoms. The van der Waals surface area contributed by atoms with Crippen LogP contribution in [0.2, 0.25) is 0 Å². The van der Waals surface area contributed by atoms with Gasteiger partial charge in [-0.25, -0.2) is 14.2 Å². The molecule has 0 spiro atoms. The summed E-state index contributed by atoms with van der Waals surface area (Å²) in [6.45, 7) is 0.131. The van der Waals surface area contributed by atoms with Crippen molar-refractivity contribution in [1.29, 1.82) is 0 Å². The van der Waals surface area contributed by atoms with Crippen LogP contribution in [0.1, 0.15) is 17.8 Å². The molecule has 3 amide bonds. The third kappa shape index (κ3) is 6.98. The van der Waals surface area contributed by atoms with Crippen molar-refractivity contribution in [2.45, 2.75) is 25.5 Å². The number of rotatable bonds is 9. The Morgan fingerprint density at radius 1 is 1.28 bits per heavy atom. The van der Waals surface area contributed by atoms with Crippen LogP contribution in [0.15, 0.2) is 53.5 Å². The molecule has 2 aromatic heterocycles. The van der Waals surface area contributed by atoms with Gasteiger partial charge >= 0.3 is 6.09 Å². The molecule has 0 aliphatic carbocycles. The Labute approximate surface area is 210 Å². The number of halogens is 1. The van der Waals surface area contributed by atoms with Crippen LogP contribution in [0.5, 0.6) is 0 Å². The van der Waals surface area contributed by atoms with E-state index in [1.807, 2.05) is 0 Å². The number of alkyl carbamates (subject to hydrolysis) is 1. The van der Waals surface area contributed by atoms with Crippen molar-refractivity contribution in [3.8, 4) is 0 Å².